The SMILES string of the molecule is CCSc1nnc(NC(=O)c2csc3c2CC[C@@H](C)C3)s1. The molecule has 7 heteroatoms. The summed E-state index contributed by atoms with van der Waals surface area (Å²) in [5, 5.41) is 13.5. The minimum absolute atomic E-state index is 0.0498. The molecule has 112 valence electrons. The van der Waals surface area contributed by atoms with Crippen molar-refractivity contribution in [3.8, 4) is 0 Å². The maximum Gasteiger partial charge on any atom is 0.258 e. The van der Waals surface area contributed by atoms with Crippen molar-refractivity contribution in [1.29, 1.82) is 0 Å². The highest BCUT2D eigenvalue weighted by molar-refractivity contribution is 8.01. The molecule has 2 aromatic heterocycles. The number of aromatic nitrogens is 2. The first-order chi connectivity index (χ1) is 10.2. The van der Waals surface area contributed by atoms with Gasteiger partial charge in [0, 0.05) is 10.3 Å². The molecular weight excluding hydrogens is 322 g/mol. The van der Waals surface area contributed by atoms with Crippen molar-refractivity contribution < 1.29 is 4.79 Å². The van der Waals surface area contributed by atoms with Crippen LogP contribution in [0.15, 0.2) is 9.72 Å². The standard InChI is InChI=1S/C14H17N3OS3/c1-3-19-14-17-16-13(21-14)15-12(18)10-7-20-11-6-8(2)4-5-9(10)11/h7-8H,3-6H2,1-2H3,(H,15,16,18)/t8-/m1/s1. The summed E-state index contributed by atoms with van der Waals surface area (Å²) in [6.45, 7) is 4.35. The van der Waals surface area contributed by atoms with E-state index in [0.717, 1.165) is 34.4 Å². The summed E-state index contributed by atoms with van der Waals surface area (Å²) < 4.78 is 0.897. The van der Waals surface area contributed by atoms with Crippen LogP contribution in [0.5, 0.6) is 0 Å². The minimum Gasteiger partial charge on any atom is -0.296 e. The second kappa shape index (κ2) is 6.46. The number of amides is 1. The van der Waals surface area contributed by atoms with Gasteiger partial charge in [-0.25, -0.2) is 0 Å². The summed E-state index contributed by atoms with van der Waals surface area (Å²) in [5.41, 5.74) is 2.06. The van der Waals surface area contributed by atoms with Crippen LogP contribution < -0.4 is 5.32 Å². The first-order valence-electron chi connectivity index (χ1n) is 7.04. The first-order valence-corrected chi connectivity index (χ1v) is 9.72. The van der Waals surface area contributed by atoms with Crippen LogP contribution in [-0.4, -0.2) is 21.9 Å². The molecule has 3 rings (SSSR count). The smallest absolute Gasteiger partial charge is 0.258 e. The van der Waals surface area contributed by atoms with Gasteiger partial charge in [0.05, 0.1) is 5.56 Å². The molecule has 0 saturated carbocycles. The highest BCUT2D eigenvalue weighted by Gasteiger charge is 2.23. The third-order valence-corrected chi connectivity index (χ3v) is 6.45. The number of nitrogens with zero attached hydrogens (tertiary/aromatic N) is 2. The second-order valence-electron chi connectivity index (χ2n) is 5.16. The van der Waals surface area contributed by atoms with Gasteiger partial charge in [-0.2, -0.15) is 0 Å². The van der Waals surface area contributed by atoms with E-state index < -0.39 is 0 Å². The van der Waals surface area contributed by atoms with Gasteiger partial charge in [-0.3, -0.25) is 10.1 Å². The Labute approximate surface area is 136 Å². The molecule has 0 unspecified atom stereocenters. The van der Waals surface area contributed by atoms with Gasteiger partial charge in [0.1, 0.15) is 0 Å². The van der Waals surface area contributed by atoms with Crippen molar-refractivity contribution in [1.82, 2.24) is 10.2 Å². The van der Waals surface area contributed by atoms with E-state index in [1.54, 1.807) is 23.1 Å². The molecule has 1 atom stereocenters. The van der Waals surface area contributed by atoms with E-state index in [0.29, 0.717) is 5.13 Å². The van der Waals surface area contributed by atoms with E-state index in [-0.39, 0.29) is 5.91 Å². The lowest BCUT2D eigenvalue weighted by molar-refractivity contribution is 0.102. The zero-order valence-corrected chi connectivity index (χ0v) is 14.5. The van der Waals surface area contributed by atoms with Crippen molar-refractivity contribution in [2.75, 3.05) is 11.1 Å². The van der Waals surface area contributed by atoms with Gasteiger partial charge in [0.25, 0.3) is 5.91 Å². The van der Waals surface area contributed by atoms with Crippen LogP contribution in [0.3, 0.4) is 0 Å². The Morgan fingerprint density at radius 1 is 1.52 bits per heavy atom. The number of fused-ring (bicyclic) bond motifs is 1. The molecular formula is C14H17N3OS3. The lowest BCUT2D eigenvalue weighted by atomic mass is 9.88. The monoisotopic (exact) mass is 339 g/mol. The highest BCUT2D eigenvalue weighted by atomic mass is 32.2. The Hall–Kier alpha value is -0.920. The molecule has 1 aliphatic carbocycles. The Bertz CT molecular complexity index is 650. The number of anilines is 1. The number of nitrogens with one attached hydrogen (secondary N) is 1. The topological polar surface area (TPSA) is 54.9 Å². The zero-order chi connectivity index (χ0) is 14.8. The molecule has 0 radical (unpaired) electrons. The van der Waals surface area contributed by atoms with Crippen molar-refractivity contribution in [3.63, 3.8) is 0 Å². The second-order valence-corrected chi connectivity index (χ2v) is 8.61. The Kier molecular flexibility index (Phi) is 4.61. The van der Waals surface area contributed by atoms with Crippen LogP contribution in [0.1, 0.15) is 41.1 Å². The van der Waals surface area contributed by atoms with Crippen LogP contribution >= 0.6 is 34.4 Å². The van der Waals surface area contributed by atoms with E-state index in [9.17, 15) is 4.79 Å². The number of carbonyl (C=O) groups is 1. The van der Waals surface area contributed by atoms with E-state index in [2.05, 4.69) is 29.4 Å². The highest BCUT2D eigenvalue weighted by Crippen LogP contribution is 2.33. The number of thioether (sulfide) groups is 1. The van der Waals surface area contributed by atoms with Gasteiger partial charge in [-0.1, -0.05) is 36.9 Å². The van der Waals surface area contributed by atoms with E-state index in [1.165, 1.54) is 28.2 Å². The molecule has 0 bridgehead atoms. The first kappa shape index (κ1) is 15.0. The molecule has 21 heavy (non-hydrogen) atoms. The van der Waals surface area contributed by atoms with Crippen LogP contribution in [0, 0.1) is 5.92 Å². The number of hydrogen-bond acceptors (Lipinski definition) is 6. The molecule has 0 saturated heterocycles. The van der Waals surface area contributed by atoms with Crippen LogP contribution in [-0.2, 0) is 12.8 Å². The van der Waals surface area contributed by atoms with Crippen molar-refractivity contribution in [2.45, 2.75) is 37.4 Å². The molecule has 0 aromatic carbocycles. The average Bonchev–Trinajstić information content (AvgIpc) is 3.05. The third kappa shape index (κ3) is 3.30. The molecule has 0 fully saturated rings. The fourth-order valence-corrected chi connectivity index (χ4v) is 5.36. The maximum atomic E-state index is 12.4. The number of thiophene rings is 1. The lowest BCUT2D eigenvalue weighted by Crippen LogP contribution is -2.16. The molecule has 1 amide bonds. The third-order valence-electron chi connectivity index (χ3n) is 3.54. The fraction of sp³-hybridized carbons (Fsp3) is 0.500. The molecule has 4 nitrogen and oxygen atoms in total. The summed E-state index contributed by atoms with van der Waals surface area (Å²) in [5.74, 6) is 1.63. The summed E-state index contributed by atoms with van der Waals surface area (Å²) in [6.07, 6.45) is 3.28. The van der Waals surface area contributed by atoms with Gasteiger partial charge >= 0.3 is 0 Å². The largest absolute Gasteiger partial charge is 0.296 e. The normalized spacial score (nSPS) is 17.5. The predicted octanol–water partition coefficient (Wildman–Crippen LogP) is 4.09. The van der Waals surface area contributed by atoms with E-state index in [1.807, 2.05) is 5.38 Å². The minimum atomic E-state index is -0.0498. The number of carbonyl (C=O) groups excluding carboxylic acids is 1. The van der Waals surface area contributed by atoms with Gasteiger partial charge in [-0.05, 0) is 36.5 Å². The Morgan fingerprint density at radius 3 is 3.19 bits per heavy atom. The van der Waals surface area contributed by atoms with Gasteiger partial charge in [0.15, 0.2) is 4.34 Å². The van der Waals surface area contributed by atoms with E-state index >= 15 is 0 Å². The summed E-state index contributed by atoms with van der Waals surface area (Å²) in [6, 6.07) is 0. The predicted molar refractivity (Wildman–Crippen MR) is 89.8 cm³/mol. The van der Waals surface area contributed by atoms with Gasteiger partial charge in [0.2, 0.25) is 5.13 Å². The van der Waals surface area contributed by atoms with Crippen LogP contribution in [0.4, 0.5) is 5.13 Å². The Balaban J connectivity index is 1.73. The molecule has 2 aromatic rings. The average molecular weight is 340 g/mol. The quantitative estimate of drug-likeness (QED) is 0.673. The zero-order valence-electron chi connectivity index (χ0n) is 12.0. The molecule has 1 N–H and O–H groups in total. The summed E-state index contributed by atoms with van der Waals surface area (Å²) >= 11 is 4.78. The Morgan fingerprint density at radius 2 is 2.38 bits per heavy atom. The van der Waals surface area contributed by atoms with Gasteiger partial charge < -0.3 is 0 Å². The van der Waals surface area contributed by atoms with Crippen molar-refractivity contribution in [3.05, 3.63) is 21.4 Å². The number of rotatable bonds is 4. The summed E-state index contributed by atoms with van der Waals surface area (Å²) in [4.78, 5) is 13.8. The van der Waals surface area contributed by atoms with Gasteiger partial charge in [-0.15, -0.1) is 21.5 Å². The van der Waals surface area contributed by atoms with Crippen molar-refractivity contribution in [2.24, 2.45) is 5.92 Å². The summed E-state index contributed by atoms with van der Waals surface area (Å²) in [7, 11) is 0. The van der Waals surface area contributed by atoms with Crippen LogP contribution in [0.25, 0.3) is 0 Å². The number of hydrogen-bond donors (Lipinski definition) is 1. The lowest BCUT2D eigenvalue weighted by Gasteiger charge is -2.18. The molecule has 2 heterocycles. The molecule has 0 spiro atoms. The van der Waals surface area contributed by atoms with Crippen LogP contribution in [0.2, 0.25) is 0 Å². The van der Waals surface area contributed by atoms with Crippen molar-refractivity contribution >= 4 is 45.5 Å². The molecule has 0 aliphatic heterocycles. The molecule has 1 aliphatic rings. The fourth-order valence-electron chi connectivity index (χ4n) is 2.47. The maximum absolute atomic E-state index is 12.4. The van der Waals surface area contributed by atoms with E-state index in [4.69, 9.17) is 0 Å².